The van der Waals surface area contributed by atoms with Crippen molar-refractivity contribution in [3.63, 3.8) is 0 Å². The van der Waals surface area contributed by atoms with Gasteiger partial charge in [-0.1, -0.05) is 59.1 Å². The second-order valence-electron chi connectivity index (χ2n) is 4.98. The van der Waals surface area contributed by atoms with Gasteiger partial charge in [-0.05, 0) is 29.2 Å². The van der Waals surface area contributed by atoms with Crippen molar-refractivity contribution in [2.45, 2.75) is 24.6 Å². The molecule has 0 unspecified atom stereocenters. The van der Waals surface area contributed by atoms with Gasteiger partial charge in [0.25, 0.3) is 0 Å². The van der Waals surface area contributed by atoms with Gasteiger partial charge in [0.05, 0.1) is 6.61 Å². The maximum Gasteiger partial charge on any atom is 0.123 e. The molecule has 0 aliphatic heterocycles. The van der Waals surface area contributed by atoms with E-state index in [1.54, 1.807) is 0 Å². The lowest BCUT2D eigenvalue weighted by Gasteiger charge is -2.12. The van der Waals surface area contributed by atoms with Gasteiger partial charge in [0.2, 0.25) is 0 Å². The van der Waals surface area contributed by atoms with E-state index in [1.807, 2.05) is 0 Å². The molecule has 0 spiro atoms. The average Bonchev–Trinajstić information content (AvgIpc) is 3.22. The first-order valence-corrected chi connectivity index (χ1v) is 7.70. The van der Waals surface area contributed by atoms with E-state index in [9.17, 15) is 0 Å². The van der Waals surface area contributed by atoms with Crippen molar-refractivity contribution >= 4 is 26.7 Å². The standard InChI is InChI=1S/C16H17BrO/c17-11-15-14-4-2-1-3-13(14)7-8-16(15)18-10-9-12-5-6-12/h1-4,7-8,12H,5-6,9-11H2. The van der Waals surface area contributed by atoms with Crippen LogP contribution >= 0.6 is 15.9 Å². The minimum atomic E-state index is 0.840. The van der Waals surface area contributed by atoms with Crippen LogP contribution in [0.2, 0.25) is 0 Å². The van der Waals surface area contributed by atoms with Crippen LogP contribution in [0.25, 0.3) is 10.8 Å². The second kappa shape index (κ2) is 5.31. The fourth-order valence-electron chi connectivity index (χ4n) is 2.33. The van der Waals surface area contributed by atoms with E-state index >= 15 is 0 Å². The highest BCUT2D eigenvalue weighted by molar-refractivity contribution is 9.08. The molecule has 0 N–H and O–H groups in total. The largest absolute Gasteiger partial charge is 0.493 e. The van der Waals surface area contributed by atoms with Gasteiger partial charge in [0.15, 0.2) is 0 Å². The Kier molecular flexibility index (Phi) is 3.55. The Morgan fingerprint density at radius 1 is 1.11 bits per heavy atom. The molecule has 1 aliphatic carbocycles. The van der Waals surface area contributed by atoms with Crippen LogP contribution in [-0.2, 0) is 5.33 Å². The fraction of sp³-hybridized carbons (Fsp3) is 0.375. The normalized spacial score (nSPS) is 14.9. The lowest BCUT2D eigenvalue weighted by atomic mass is 10.0. The van der Waals surface area contributed by atoms with E-state index in [0.29, 0.717) is 0 Å². The molecule has 1 nitrogen and oxygen atoms in total. The number of rotatable bonds is 5. The van der Waals surface area contributed by atoms with Gasteiger partial charge < -0.3 is 4.74 Å². The number of fused-ring (bicyclic) bond motifs is 1. The zero-order valence-corrected chi connectivity index (χ0v) is 11.9. The van der Waals surface area contributed by atoms with Crippen molar-refractivity contribution in [2.75, 3.05) is 6.61 Å². The molecule has 0 saturated heterocycles. The topological polar surface area (TPSA) is 9.23 Å². The van der Waals surface area contributed by atoms with Gasteiger partial charge in [0.1, 0.15) is 5.75 Å². The van der Waals surface area contributed by atoms with Crippen LogP contribution in [0, 0.1) is 5.92 Å². The van der Waals surface area contributed by atoms with Crippen molar-refractivity contribution in [3.8, 4) is 5.75 Å². The molecule has 3 rings (SSSR count). The highest BCUT2D eigenvalue weighted by atomic mass is 79.9. The lowest BCUT2D eigenvalue weighted by Crippen LogP contribution is -2.00. The molecule has 1 fully saturated rings. The summed E-state index contributed by atoms with van der Waals surface area (Å²) < 4.78 is 5.96. The zero-order valence-electron chi connectivity index (χ0n) is 10.4. The van der Waals surface area contributed by atoms with Gasteiger partial charge in [-0.25, -0.2) is 0 Å². The summed E-state index contributed by atoms with van der Waals surface area (Å²) in [5, 5.41) is 3.41. The molecule has 0 heterocycles. The maximum absolute atomic E-state index is 5.96. The summed E-state index contributed by atoms with van der Waals surface area (Å²) in [6.07, 6.45) is 3.99. The summed E-state index contributed by atoms with van der Waals surface area (Å²) >= 11 is 3.58. The van der Waals surface area contributed by atoms with Gasteiger partial charge >= 0.3 is 0 Å². The highest BCUT2D eigenvalue weighted by Crippen LogP contribution is 2.34. The van der Waals surface area contributed by atoms with Crippen molar-refractivity contribution in [1.82, 2.24) is 0 Å². The lowest BCUT2D eigenvalue weighted by molar-refractivity contribution is 0.301. The van der Waals surface area contributed by atoms with E-state index in [4.69, 9.17) is 4.74 Å². The smallest absolute Gasteiger partial charge is 0.123 e. The van der Waals surface area contributed by atoms with E-state index in [0.717, 1.165) is 23.6 Å². The Morgan fingerprint density at radius 3 is 2.72 bits per heavy atom. The summed E-state index contributed by atoms with van der Waals surface area (Å²) in [5.74, 6) is 1.96. The fourth-order valence-corrected chi connectivity index (χ4v) is 2.91. The molecule has 0 atom stereocenters. The number of hydrogen-bond donors (Lipinski definition) is 0. The monoisotopic (exact) mass is 304 g/mol. The maximum atomic E-state index is 5.96. The number of halogens is 1. The quantitative estimate of drug-likeness (QED) is 0.713. The molecule has 0 bridgehead atoms. The van der Waals surface area contributed by atoms with Crippen molar-refractivity contribution in [2.24, 2.45) is 5.92 Å². The molecular weight excluding hydrogens is 288 g/mol. The van der Waals surface area contributed by atoms with E-state index in [2.05, 4.69) is 52.3 Å². The van der Waals surface area contributed by atoms with E-state index in [-0.39, 0.29) is 0 Å². The number of ether oxygens (including phenoxy) is 1. The van der Waals surface area contributed by atoms with E-state index in [1.165, 1.54) is 35.6 Å². The first kappa shape index (κ1) is 12.0. The molecule has 2 aromatic carbocycles. The Morgan fingerprint density at radius 2 is 1.94 bits per heavy atom. The molecule has 0 amide bonds. The third-order valence-corrected chi connectivity index (χ3v) is 4.17. The number of hydrogen-bond acceptors (Lipinski definition) is 1. The molecule has 0 radical (unpaired) electrons. The molecule has 18 heavy (non-hydrogen) atoms. The molecule has 2 aromatic rings. The molecule has 1 aliphatic rings. The van der Waals surface area contributed by atoms with Gasteiger partial charge in [-0.2, -0.15) is 0 Å². The number of alkyl halides is 1. The van der Waals surface area contributed by atoms with Crippen molar-refractivity contribution in [3.05, 3.63) is 42.0 Å². The van der Waals surface area contributed by atoms with Gasteiger partial charge in [-0.15, -0.1) is 0 Å². The van der Waals surface area contributed by atoms with Crippen LogP contribution in [-0.4, -0.2) is 6.61 Å². The minimum absolute atomic E-state index is 0.840. The summed E-state index contributed by atoms with van der Waals surface area (Å²) in [4.78, 5) is 0. The first-order valence-electron chi connectivity index (χ1n) is 6.58. The van der Waals surface area contributed by atoms with Gasteiger partial charge in [0, 0.05) is 10.9 Å². The average molecular weight is 305 g/mol. The summed E-state index contributed by atoms with van der Waals surface area (Å²) in [5.41, 5.74) is 1.27. The zero-order chi connectivity index (χ0) is 12.4. The Bertz CT molecular complexity index is 546. The van der Waals surface area contributed by atoms with E-state index < -0.39 is 0 Å². The van der Waals surface area contributed by atoms with Crippen LogP contribution in [0.1, 0.15) is 24.8 Å². The third-order valence-electron chi connectivity index (χ3n) is 3.61. The van der Waals surface area contributed by atoms with Gasteiger partial charge in [-0.3, -0.25) is 0 Å². The predicted octanol–water partition coefficient (Wildman–Crippen LogP) is 4.91. The minimum Gasteiger partial charge on any atom is -0.493 e. The van der Waals surface area contributed by atoms with Crippen LogP contribution in [0.3, 0.4) is 0 Å². The highest BCUT2D eigenvalue weighted by Gasteiger charge is 2.20. The Labute approximate surface area is 116 Å². The van der Waals surface area contributed by atoms with Crippen molar-refractivity contribution in [1.29, 1.82) is 0 Å². The van der Waals surface area contributed by atoms with Crippen LogP contribution in [0.15, 0.2) is 36.4 Å². The van der Waals surface area contributed by atoms with Crippen LogP contribution < -0.4 is 4.74 Å². The molecular formula is C16H17BrO. The van der Waals surface area contributed by atoms with Crippen molar-refractivity contribution < 1.29 is 4.74 Å². The molecule has 1 saturated carbocycles. The molecule has 94 valence electrons. The third kappa shape index (κ3) is 2.54. The summed E-state index contributed by atoms with van der Waals surface area (Å²) in [7, 11) is 0. The van der Waals surface area contributed by atoms with Crippen LogP contribution in [0.4, 0.5) is 0 Å². The first-order chi connectivity index (χ1) is 8.88. The van der Waals surface area contributed by atoms with Crippen LogP contribution in [0.5, 0.6) is 5.75 Å². The predicted molar refractivity (Wildman–Crippen MR) is 79.4 cm³/mol. The Balaban J connectivity index is 1.85. The summed E-state index contributed by atoms with van der Waals surface area (Å²) in [6, 6.07) is 12.7. The molecule has 2 heteroatoms. The summed E-state index contributed by atoms with van der Waals surface area (Å²) in [6.45, 7) is 0.850. The Hall–Kier alpha value is -1.02. The second-order valence-corrected chi connectivity index (χ2v) is 5.54. The number of benzene rings is 2. The molecule has 0 aromatic heterocycles. The SMILES string of the molecule is BrCc1c(OCCC2CC2)ccc2ccccc12.